The monoisotopic (exact) mass is 702 g/mol. The number of halogens is 1. The molecule has 2 aromatic carbocycles. The lowest BCUT2D eigenvalue weighted by Gasteiger charge is -2.45. The summed E-state index contributed by atoms with van der Waals surface area (Å²) in [5.41, 5.74) is 3.12. The number of anilines is 1. The Hall–Kier alpha value is -2.67. The first-order chi connectivity index (χ1) is 23.0. The van der Waals surface area contributed by atoms with Crippen LogP contribution in [0.15, 0.2) is 48.6 Å². The van der Waals surface area contributed by atoms with Crippen LogP contribution in [0.5, 0.6) is 5.75 Å². The maximum Gasteiger partial charge on any atom is 0.335 e. The van der Waals surface area contributed by atoms with E-state index in [2.05, 4.69) is 17.0 Å². The number of rotatable bonds is 12. The third-order valence-corrected chi connectivity index (χ3v) is 12.6. The number of aliphatic hydroxyl groups is 1. The normalized spacial score (nSPS) is 27.4. The fraction of sp³-hybridized carbons (Fsp3) is 0.583. The van der Waals surface area contributed by atoms with Gasteiger partial charge in [0.15, 0.2) is 0 Å². The van der Waals surface area contributed by atoms with Crippen molar-refractivity contribution in [3.63, 3.8) is 0 Å². The number of ether oxygens (including phenoxy) is 3. The molecule has 1 saturated heterocycles. The summed E-state index contributed by atoms with van der Waals surface area (Å²) >= 11 is 6.39. The molecule has 0 aromatic heterocycles. The smallest absolute Gasteiger partial charge is 0.335 e. The molecule has 1 saturated carbocycles. The van der Waals surface area contributed by atoms with E-state index in [1.54, 1.807) is 30.4 Å². The van der Waals surface area contributed by atoms with Crippen LogP contribution in [-0.4, -0.2) is 81.6 Å². The number of aliphatic hydroxyl groups excluding tert-OH is 1. The van der Waals surface area contributed by atoms with Gasteiger partial charge in [0.05, 0.1) is 36.2 Å². The number of primary sulfonamides is 1. The first kappa shape index (κ1) is 35.2. The molecule has 0 unspecified atom stereocenters. The maximum absolute atomic E-state index is 12.5. The molecule has 7 atom stereocenters. The molecular weight excluding hydrogens is 656 g/mol. The summed E-state index contributed by atoms with van der Waals surface area (Å²) in [6, 6.07) is 11.1. The molecule has 0 amide bonds. The second kappa shape index (κ2) is 14.7. The van der Waals surface area contributed by atoms with Crippen LogP contribution in [-0.2, 0) is 31.3 Å². The highest BCUT2D eigenvalue weighted by Crippen LogP contribution is 2.46. The van der Waals surface area contributed by atoms with Gasteiger partial charge >= 0.3 is 5.97 Å². The molecular formula is C36H47ClN2O8S. The number of benzene rings is 2. The SMILES string of the molecule is CO[C@H](C/C=C/[C@H](O)[C@@H]1CC[C@H]1CN1C[C@@]2(CCCc3cc(Cl)ccc32)COc2ccc(C(=O)O)cc21)[C@@H](C[C@@H]1CCCO1)S(N)(=O)=O. The van der Waals surface area contributed by atoms with Gasteiger partial charge in [-0.25, -0.2) is 18.4 Å². The first-order valence-electron chi connectivity index (χ1n) is 17.0. The summed E-state index contributed by atoms with van der Waals surface area (Å²) in [5, 5.41) is 26.6. The minimum atomic E-state index is -3.88. The van der Waals surface area contributed by atoms with Crippen molar-refractivity contribution in [3.05, 3.63) is 70.3 Å². The van der Waals surface area contributed by atoms with Crippen molar-refractivity contribution in [2.24, 2.45) is 17.0 Å². The zero-order valence-electron chi connectivity index (χ0n) is 27.4. The summed E-state index contributed by atoms with van der Waals surface area (Å²) < 4.78 is 42.7. The van der Waals surface area contributed by atoms with Gasteiger partial charge in [-0.05, 0) is 111 Å². The molecule has 0 radical (unpaired) electrons. The van der Waals surface area contributed by atoms with Gasteiger partial charge in [0.2, 0.25) is 10.0 Å². The average molecular weight is 703 g/mol. The third-order valence-electron chi connectivity index (χ3n) is 11.0. The van der Waals surface area contributed by atoms with E-state index in [-0.39, 0.29) is 35.3 Å². The van der Waals surface area contributed by atoms with Crippen LogP contribution in [0.3, 0.4) is 0 Å². The number of aromatic carboxylic acids is 1. The molecule has 0 bridgehead atoms. The van der Waals surface area contributed by atoms with Gasteiger partial charge in [-0.3, -0.25) is 0 Å². The van der Waals surface area contributed by atoms with Crippen molar-refractivity contribution >= 4 is 33.3 Å². The van der Waals surface area contributed by atoms with E-state index in [0.29, 0.717) is 43.5 Å². The molecule has 2 aromatic rings. The van der Waals surface area contributed by atoms with E-state index >= 15 is 0 Å². The van der Waals surface area contributed by atoms with E-state index in [0.717, 1.165) is 50.6 Å². The number of methoxy groups -OCH3 is 1. The average Bonchev–Trinajstić information content (AvgIpc) is 3.50. The highest BCUT2D eigenvalue weighted by Gasteiger charge is 2.44. The Morgan fingerprint density at radius 3 is 2.73 bits per heavy atom. The number of aryl methyl sites for hydroxylation is 1. The molecule has 48 heavy (non-hydrogen) atoms. The van der Waals surface area contributed by atoms with Crippen LogP contribution in [0, 0.1) is 11.8 Å². The number of sulfonamides is 1. The third kappa shape index (κ3) is 7.56. The second-order valence-electron chi connectivity index (χ2n) is 14.0. The van der Waals surface area contributed by atoms with Crippen LogP contribution in [0.2, 0.25) is 5.02 Å². The number of hydrogen-bond acceptors (Lipinski definition) is 8. The predicted molar refractivity (Wildman–Crippen MR) is 184 cm³/mol. The number of carboxylic acid groups (broad SMARTS) is 1. The lowest BCUT2D eigenvalue weighted by Crippen LogP contribution is -2.49. The number of nitrogens with two attached hydrogens (primary N) is 1. The van der Waals surface area contributed by atoms with Crippen LogP contribution in [0.25, 0.3) is 0 Å². The van der Waals surface area contributed by atoms with Crippen molar-refractivity contribution in [1.82, 2.24) is 0 Å². The molecule has 1 spiro atoms. The quantitative estimate of drug-likeness (QED) is 0.257. The number of carbonyl (C=O) groups is 1. The lowest BCUT2D eigenvalue weighted by atomic mass is 9.68. The molecule has 2 aliphatic heterocycles. The van der Waals surface area contributed by atoms with Crippen LogP contribution in [0.1, 0.15) is 72.9 Å². The molecule has 2 aliphatic carbocycles. The van der Waals surface area contributed by atoms with Crippen molar-refractivity contribution in [1.29, 1.82) is 0 Å². The van der Waals surface area contributed by atoms with Gasteiger partial charge in [-0.1, -0.05) is 29.8 Å². The molecule has 2 heterocycles. The summed E-state index contributed by atoms with van der Waals surface area (Å²) in [4.78, 5) is 14.3. The van der Waals surface area contributed by atoms with E-state index in [4.69, 9.17) is 31.0 Å². The van der Waals surface area contributed by atoms with Gasteiger partial charge in [0, 0.05) is 37.2 Å². The summed E-state index contributed by atoms with van der Waals surface area (Å²) in [7, 11) is -2.40. The predicted octanol–water partition coefficient (Wildman–Crippen LogP) is 5.09. The Bertz CT molecular complexity index is 1610. The van der Waals surface area contributed by atoms with Gasteiger partial charge in [-0.15, -0.1) is 0 Å². The van der Waals surface area contributed by atoms with Crippen LogP contribution < -0.4 is 14.8 Å². The largest absolute Gasteiger partial charge is 0.490 e. The number of nitrogens with zero attached hydrogens (tertiary/aromatic N) is 1. The summed E-state index contributed by atoms with van der Waals surface area (Å²) in [6.45, 7) is 2.38. The molecule has 4 N–H and O–H groups in total. The van der Waals surface area contributed by atoms with Gasteiger partial charge in [-0.2, -0.15) is 0 Å². The Morgan fingerprint density at radius 2 is 2.04 bits per heavy atom. The summed E-state index contributed by atoms with van der Waals surface area (Å²) in [6.07, 6.45) is 8.93. The fourth-order valence-corrected chi connectivity index (χ4v) is 9.61. The standard InChI is InChI=1S/C36H47ClN2O8S/c1-45-33(34(48(38,43)44)19-27-6-4-16-46-27)8-2-7-31(40)28-12-9-25(28)20-39-21-36(15-3-5-23-17-26(37)11-13-29(23)36)22-47-32-14-10-24(35(41)42)18-30(32)39/h2,7,10-11,13-14,17-18,25,27-28,31,33-34,40H,3-6,8-9,12,15-16,19-22H2,1H3,(H,41,42)(H2,38,43,44)/b7-2+/t25-,27-,28+,31-,33+,34+,36-/m0/s1. The maximum atomic E-state index is 12.5. The van der Waals surface area contributed by atoms with Crippen molar-refractivity contribution < 1.29 is 37.6 Å². The van der Waals surface area contributed by atoms with Crippen molar-refractivity contribution in [3.8, 4) is 5.75 Å². The molecule has 4 aliphatic rings. The van der Waals surface area contributed by atoms with Crippen molar-refractivity contribution in [2.45, 2.75) is 86.8 Å². The van der Waals surface area contributed by atoms with E-state index < -0.39 is 33.5 Å². The van der Waals surface area contributed by atoms with E-state index in [1.165, 1.54) is 18.2 Å². The fourth-order valence-electron chi connectivity index (χ4n) is 8.28. The number of fused-ring (bicyclic) bond motifs is 3. The first-order valence-corrected chi connectivity index (χ1v) is 19.0. The minimum Gasteiger partial charge on any atom is -0.490 e. The van der Waals surface area contributed by atoms with Gasteiger partial charge in [0.25, 0.3) is 0 Å². The molecule has 262 valence electrons. The lowest BCUT2D eigenvalue weighted by molar-refractivity contribution is 0.0447. The molecule has 10 nitrogen and oxygen atoms in total. The highest BCUT2D eigenvalue weighted by atomic mass is 35.5. The molecule has 12 heteroatoms. The number of hydrogen-bond donors (Lipinski definition) is 3. The van der Waals surface area contributed by atoms with E-state index in [1.807, 2.05) is 6.07 Å². The minimum absolute atomic E-state index is 0.00755. The van der Waals surface area contributed by atoms with Crippen molar-refractivity contribution in [2.75, 3.05) is 38.3 Å². The van der Waals surface area contributed by atoms with E-state index in [9.17, 15) is 23.4 Å². The van der Waals surface area contributed by atoms with Gasteiger partial charge in [0.1, 0.15) is 11.0 Å². The molecule has 6 rings (SSSR count). The Morgan fingerprint density at radius 1 is 1.21 bits per heavy atom. The molecule has 2 fully saturated rings. The van der Waals surface area contributed by atoms with Crippen LogP contribution >= 0.6 is 11.6 Å². The Kier molecular flexibility index (Phi) is 10.7. The zero-order valence-corrected chi connectivity index (χ0v) is 29.0. The topological polar surface area (TPSA) is 149 Å². The highest BCUT2D eigenvalue weighted by molar-refractivity contribution is 7.89. The van der Waals surface area contributed by atoms with Crippen LogP contribution in [0.4, 0.5) is 5.69 Å². The summed E-state index contributed by atoms with van der Waals surface area (Å²) in [5.74, 6) is -0.185. The Labute approximate surface area is 288 Å². The second-order valence-corrected chi connectivity index (χ2v) is 16.2. The van der Waals surface area contributed by atoms with Gasteiger partial charge < -0.3 is 29.3 Å². The zero-order chi connectivity index (χ0) is 34.1. The number of carboxylic acids is 1. The Balaban J connectivity index is 1.19.